The third-order valence-corrected chi connectivity index (χ3v) is 3.77. The van der Waals surface area contributed by atoms with Crippen molar-refractivity contribution in [3.05, 3.63) is 63.4 Å². The molecule has 0 unspecified atom stereocenters. The number of aromatic hydroxyl groups is 1. The van der Waals surface area contributed by atoms with Crippen LogP contribution in [0.3, 0.4) is 0 Å². The molecule has 1 heterocycles. The van der Waals surface area contributed by atoms with Crippen LogP contribution in [0.2, 0.25) is 0 Å². The zero-order valence-electron chi connectivity index (χ0n) is 12.0. The van der Waals surface area contributed by atoms with E-state index in [9.17, 15) is 9.90 Å². The predicted octanol–water partition coefficient (Wildman–Crippen LogP) is 4.87. The maximum absolute atomic E-state index is 11.1. The van der Waals surface area contributed by atoms with E-state index in [0.29, 0.717) is 4.88 Å². The molecule has 0 aliphatic heterocycles. The van der Waals surface area contributed by atoms with Crippen molar-refractivity contribution < 1.29 is 9.90 Å². The fraction of sp³-hybridized carbons (Fsp3) is 0.176. The average Bonchev–Trinajstić information content (AvgIpc) is 2.45. The summed E-state index contributed by atoms with van der Waals surface area (Å²) >= 11 is 1.30. The van der Waals surface area contributed by atoms with Crippen molar-refractivity contribution in [3.8, 4) is 5.75 Å². The summed E-state index contributed by atoms with van der Waals surface area (Å²) < 4.78 is 0. The third kappa shape index (κ3) is 4.28. The van der Waals surface area contributed by atoms with E-state index in [1.54, 1.807) is 6.92 Å². The van der Waals surface area contributed by atoms with Gasteiger partial charge in [-0.1, -0.05) is 42.5 Å². The lowest BCUT2D eigenvalue weighted by molar-refractivity contribution is 0.112. The van der Waals surface area contributed by atoms with Crippen LogP contribution in [-0.4, -0.2) is 11.4 Å². The Bertz CT molecular complexity index is 593. The first-order valence-electron chi connectivity index (χ1n) is 6.36. The van der Waals surface area contributed by atoms with E-state index in [2.05, 4.69) is 0 Å². The molecule has 0 saturated carbocycles. The summed E-state index contributed by atoms with van der Waals surface area (Å²) in [7, 11) is 0. The highest BCUT2D eigenvalue weighted by Gasteiger charge is 2.21. The largest absolute Gasteiger partial charge is 0.503 e. The first-order chi connectivity index (χ1) is 9.61. The molecule has 0 atom stereocenters. The zero-order valence-corrected chi connectivity index (χ0v) is 12.8. The summed E-state index contributed by atoms with van der Waals surface area (Å²) in [5.41, 5.74) is 1.51. The molecule has 3 heteroatoms. The van der Waals surface area contributed by atoms with Crippen molar-refractivity contribution in [1.29, 1.82) is 0 Å². The molecular weight excluding hydrogens is 268 g/mol. The molecule has 0 amide bonds. The fourth-order valence-corrected chi connectivity index (χ4v) is 2.62. The summed E-state index contributed by atoms with van der Waals surface area (Å²) in [6, 6.07) is 0. The Hall–Kier alpha value is -2.00. The monoisotopic (exact) mass is 287 g/mol. The lowest BCUT2D eigenvalue weighted by atomic mass is 10.1. The molecule has 0 fully saturated rings. The highest BCUT2D eigenvalue weighted by atomic mass is 32.1. The molecule has 0 aliphatic rings. The maximum Gasteiger partial charge on any atom is 0.278 e. The first-order valence-corrected chi connectivity index (χ1v) is 7.17. The standard InChI is InChI=1S/C17H18O2S/c1-4-5-6-7-8-9-10-11-15-13(2)17(19)14(3)20-16(15)12-18/h4-12H,1-3H3/p+1/b5-4+,7-6+,9-8+,11-10+. The van der Waals surface area contributed by atoms with Gasteiger partial charge in [0, 0.05) is 12.5 Å². The van der Waals surface area contributed by atoms with Gasteiger partial charge in [0.15, 0.2) is 5.75 Å². The summed E-state index contributed by atoms with van der Waals surface area (Å²) in [5.74, 6) is 0.261. The second-order valence-corrected chi connectivity index (χ2v) is 5.44. The number of carbonyl (C=O) groups is 1. The van der Waals surface area contributed by atoms with Gasteiger partial charge in [0.2, 0.25) is 22.5 Å². The molecule has 0 aliphatic carbocycles. The van der Waals surface area contributed by atoms with E-state index < -0.39 is 0 Å². The first kappa shape index (κ1) is 16.1. The van der Waals surface area contributed by atoms with Crippen LogP contribution in [-0.2, 0) is 0 Å². The predicted molar refractivity (Wildman–Crippen MR) is 87.4 cm³/mol. The van der Waals surface area contributed by atoms with Gasteiger partial charge in [-0.2, -0.15) is 0 Å². The molecule has 0 spiro atoms. The molecule has 0 saturated heterocycles. The molecule has 1 aromatic heterocycles. The minimum atomic E-state index is 0.261. The molecule has 20 heavy (non-hydrogen) atoms. The number of hydrogen-bond acceptors (Lipinski definition) is 2. The Balaban J connectivity index is 2.97. The van der Waals surface area contributed by atoms with Crippen LogP contribution in [0.1, 0.15) is 32.6 Å². The Kier molecular flexibility index (Phi) is 6.60. The number of allylic oxidation sites excluding steroid dienone is 7. The summed E-state index contributed by atoms with van der Waals surface area (Å²) in [6.45, 7) is 5.58. The number of aldehydes is 1. The van der Waals surface area contributed by atoms with Crippen molar-refractivity contribution in [2.75, 3.05) is 0 Å². The zero-order chi connectivity index (χ0) is 15.0. The molecule has 1 rings (SSSR count). The van der Waals surface area contributed by atoms with Crippen LogP contribution in [0.15, 0.2) is 42.5 Å². The van der Waals surface area contributed by atoms with Gasteiger partial charge in [0.05, 0.1) is 5.56 Å². The average molecular weight is 287 g/mol. The second kappa shape index (κ2) is 8.23. The SMILES string of the molecule is C/C=C/C=C/C=C/C=C/c1c(C=O)[s+]c(C)c(O)c1C. The molecular formula is C17H19O2S+. The van der Waals surface area contributed by atoms with Crippen LogP contribution in [0.5, 0.6) is 5.75 Å². The minimum Gasteiger partial charge on any atom is -0.503 e. The highest BCUT2D eigenvalue weighted by molar-refractivity contribution is 7.13. The lowest BCUT2D eigenvalue weighted by Crippen LogP contribution is -1.90. The quantitative estimate of drug-likeness (QED) is 0.477. The Morgan fingerprint density at radius 1 is 1.00 bits per heavy atom. The van der Waals surface area contributed by atoms with Crippen LogP contribution in [0, 0.1) is 13.8 Å². The number of hydrogen-bond donors (Lipinski definition) is 1. The Morgan fingerprint density at radius 2 is 1.60 bits per heavy atom. The van der Waals surface area contributed by atoms with E-state index in [1.165, 1.54) is 11.3 Å². The van der Waals surface area contributed by atoms with Gasteiger partial charge in [-0.05, 0) is 19.9 Å². The Labute approximate surface area is 124 Å². The number of rotatable bonds is 5. The molecule has 0 bridgehead atoms. The Morgan fingerprint density at radius 3 is 2.20 bits per heavy atom. The van der Waals surface area contributed by atoms with E-state index in [4.69, 9.17) is 0 Å². The molecule has 0 radical (unpaired) electrons. The smallest absolute Gasteiger partial charge is 0.278 e. The van der Waals surface area contributed by atoms with Crippen molar-refractivity contribution in [2.24, 2.45) is 0 Å². The second-order valence-electron chi connectivity index (χ2n) is 4.18. The molecule has 1 N–H and O–H groups in total. The van der Waals surface area contributed by atoms with Crippen LogP contribution < -0.4 is 0 Å². The third-order valence-electron chi connectivity index (χ3n) is 2.74. The molecule has 1 aromatic rings. The van der Waals surface area contributed by atoms with Gasteiger partial charge in [-0.3, -0.25) is 4.79 Å². The van der Waals surface area contributed by atoms with Gasteiger partial charge < -0.3 is 5.11 Å². The van der Waals surface area contributed by atoms with Gasteiger partial charge in [-0.25, -0.2) is 0 Å². The number of aryl methyl sites for hydroxylation is 1. The van der Waals surface area contributed by atoms with E-state index >= 15 is 0 Å². The van der Waals surface area contributed by atoms with Crippen LogP contribution in [0.4, 0.5) is 0 Å². The van der Waals surface area contributed by atoms with Crippen molar-refractivity contribution in [1.82, 2.24) is 0 Å². The fourth-order valence-electron chi connectivity index (χ4n) is 1.66. The molecule has 104 valence electrons. The molecule has 2 nitrogen and oxygen atoms in total. The normalized spacial score (nSPS) is 12.3. The highest BCUT2D eigenvalue weighted by Crippen LogP contribution is 2.32. The van der Waals surface area contributed by atoms with Crippen molar-refractivity contribution in [3.63, 3.8) is 0 Å². The lowest BCUT2D eigenvalue weighted by Gasteiger charge is -2.00. The summed E-state index contributed by atoms with van der Waals surface area (Å²) in [5, 5.41) is 9.93. The minimum absolute atomic E-state index is 0.261. The summed E-state index contributed by atoms with van der Waals surface area (Å²) in [6.07, 6.45) is 16.1. The van der Waals surface area contributed by atoms with Gasteiger partial charge in [0.1, 0.15) is 0 Å². The van der Waals surface area contributed by atoms with Crippen molar-refractivity contribution >= 4 is 23.7 Å². The van der Waals surface area contributed by atoms with Crippen molar-refractivity contribution in [2.45, 2.75) is 20.8 Å². The van der Waals surface area contributed by atoms with Gasteiger partial charge in [0.25, 0.3) is 4.88 Å². The topological polar surface area (TPSA) is 37.3 Å². The van der Waals surface area contributed by atoms with Crippen LogP contribution in [0.25, 0.3) is 6.08 Å². The van der Waals surface area contributed by atoms with E-state index in [-0.39, 0.29) is 5.75 Å². The maximum atomic E-state index is 11.1. The van der Waals surface area contributed by atoms with Gasteiger partial charge in [-0.15, -0.1) is 0 Å². The van der Waals surface area contributed by atoms with Gasteiger partial charge >= 0.3 is 0 Å². The summed E-state index contributed by atoms with van der Waals surface area (Å²) in [4.78, 5) is 12.5. The number of carbonyl (C=O) groups excluding carboxylic acids is 1. The van der Waals surface area contributed by atoms with E-state index in [0.717, 1.165) is 22.3 Å². The van der Waals surface area contributed by atoms with E-state index in [1.807, 2.05) is 62.5 Å². The van der Waals surface area contributed by atoms with Crippen LogP contribution >= 0.6 is 11.3 Å². The molecule has 0 aromatic carbocycles.